The van der Waals surface area contributed by atoms with Crippen LogP contribution in [0, 0.1) is 5.41 Å². The van der Waals surface area contributed by atoms with Crippen LogP contribution < -0.4 is 4.90 Å². The van der Waals surface area contributed by atoms with Crippen LogP contribution in [0.3, 0.4) is 0 Å². The van der Waals surface area contributed by atoms with Crippen molar-refractivity contribution in [2.75, 3.05) is 24.5 Å². The monoisotopic (exact) mass is 329 g/mol. The Kier molecular flexibility index (Phi) is 4.61. The third-order valence-corrected chi connectivity index (χ3v) is 5.46. The molecule has 1 aromatic rings. The maximum absolute atomic E-state index is 12.2. The largest absolute Gasteiger partial charge is 0.356 e. The molecule has 0 saturated carbocycles. The van der Waals surface area contributed by atoms with Crippen LogP contribution in [0.2, 0.25) is 0 Å². The summed E-state index contributed by atoms with van der Waals surface area (Å²) in [4.78, 5) is 32.5. The van der Waals surface area contributed by atoms with Crippen LogP contribution in [0.4, 0.5) is 5.82 Å². The molecular formula is C19H27N3O2. The topological polar surface area (TPSA) is 53.5 Å². The first kappa shape index (κ1) is 16.9. The molecule has 0 bridgehead atoms. The zero-order valence-corrected chi connectivity index (χ0v) is 14.9. The highest BCUT2D eigenvalue weighted by atomic mass is 16.2. The molecule has 2 aliphatic heterocycles. The normalized spacial score (nSPS) is 24.8. The molecule has 1 spiro atoms. The summed E-state index contributed by atoms with van der Waals surface area (Å²) in [7, 11) is 0. The van der Waals surface area contributed by atoms with Crippen LogP contribution in [0.1, 0.15) is 56.8 Å². The highest BCUT2D eigenvalue weighted by molar-refractivity contribution is 5.93. The van der Waals surface area contributed by atoms with Gasteiger partial charge in [-0.15, -0.1) is 0 Å². The first-order valence-corrected chi connectivity index (χ1v) is 8.92. The minimum Gasteiger partial charge on any atom is -0.356 e. The lowest BCUT2D eigenvalue weighted by Crippen LogP contribution is -2.55. The molecule has 5 heteroatoms. The molecule has 2 saturated heterocycles. The number of carbonyl (C=O) groups excluding carboxylic acids is 2. The van der Waals surface area contributed by atoms with Crippen LogP contribution in [0.15, 0.2) is 18.3 Å². The van der Waals surface area contributed by atoms with Crippen molar-refractivity contribution in [3.63, 3.8) is 0 Å². The van der Waals surface area contributed by atoms with E-state index in [4.69, 9.17) is 0 Å². The Hall–Kier alpha value is -1.91. The fourth-order valence-electron chi connectivity index (χ4n) is 4.03. The van der Waals surface area contributed by atoms with Crippen molar-refractivity contribution in [2.45, 2.75) is 52.5 Å². The van der Waals surface area contributed by atoms with Gasteiger partial charge in [0.2, 0.25) is 5.91 Å². The quantitative estimate of drug-likeness (QED) is 0.800. The molecule has 1 amide bonds. The van der Waals surface area contributed by atoms with Crippen LogP contribution in [0.25, 0.3) is 0 Å². The molecule has 2 aliphatic rings. The van der Waals surface area contributed by atoms with E-state index in [1.807, 2.05) is 17.0 Å². The predicted octanol–water partition coefficient (Wildman–Crippen LogP) is 2.90. The Morgan fingerprint density at radius 2 is 2.04 bits per heavy atom. The van der Waals surface area contributed by atoms with Crippen LogP contribution in [0.5, 0.6) is 0 Å². The van der Waals surface area contributed by atoms with Crippen LogP contribution >= 0.6 is 0 Å². The lowest BCUT2D eigenvalue weighted by molar-refractivity contribution is -0.140. The summed E-state index contributed by atoms with van der Waals surface area (Å²) in [5.41, 5.74) is 0.830. The lowest BCUT2D eigenvalue weighted by atomic mass is 9.73. The number of anilines is 1. The molecule has 1 atom stereocenters. The second-order valence-corrected chi connectivity index (χ2v) is 7.60. The zero-order valence-electron chi connectivity index (χ0n) is 14.9. The summed E-state index contributed by atoms with van der Waals surface area (Å²) in [5, 5.41) is 0. The molecule has 2 fully saturated rings. The van der Waals surface area contributed by atoms with Crippen LogP contribution in [-0.4, -0.2) is 47.3 Å². The fourth-order valence-corrected chi connectivity index (χ4v) is 4.03. The Balaban J connectivity index is 1.76. The van der Waals surface area contributed by atoms with Crippen molar-refractivity contribution >= 4 is 17.5 Å². The van der Waals surface area contributed by atoms with Crippen LogP contribution in [-0.2, 0) is 4.79 Å². The van der Waals surface area contributed by atoms with Crippen molar-refractivity contribution in [1.29, 1.82) is 0 Å². The predicted molar refractivity (Wildman–Crippen MR) is 94.2 cm³/mol. The van der Waals surface area contributed by atoms with E-state index in [2.05, 4.69) is 23.7 Å². The lowest BCUT2D eigenvalue weighted by Gasteiger charge is -2.49. The Labute approximate surface area is 144 Å². The van der Waals surface area contributed by atoms with Gasteiger partial charge in [0.05, 0.1) is 0 Å². The second-order valence-electron chi connectivity index (χ2n) is 7.60. The number of aromatic nitrogens is 1. The first-order chi connectivity index (χ1) is 11.4. The van der Waals surface area contributed by atoms with Gasteiger partial charge in [0.1, 0.15) is 5.82 Å². The SMILES string of the molecule is CC(=O)c1ccc(N2CCC[C@]3(CCC(=O)N(C(C)C)C3)C2)nc1. The van der Waals surface area contributed by atoms with Crippen molar-refractivity contribution in [2.24, 2.45) is 5.41 Å². The Bertz CT molecular complexity index is 626. The summed E-state index contributed by atoms with van der Waals surface area (Å²) in [6.45, 7) is 8.54. The van der Waals surface area contributed by atoms with Gasteiger partial charge in [0.25, 0.3) is 0 Å². The van der Waals surface area contributed by atoms with E-state index < -0.39 is 0 Å². The van der Waals surface area contributed by atoms with Gasteiger partial charge in [-0.3, -0.25) is 9.59 Å². The van der Waals surface area contributed by atoms with Gasteiger partial charge in [-0.1, -0.05) is 0 Å². The maximum Gasteiger partial charge on any atom is 0.222 e. The van der Waals surface area contributed by atoms with E-state index >= 15 is 0 Å². The molecule has 24 heavy (non-hydrogen) atoms. The molecule has 0 N–H and O–H groups in total. The van der Waals surface area contributed by atoms with Crippen molar-refractivity contribution in [3.8, 4) is 0 Å². The van der Waals surface area contributed by atoms with Gasteiger partial charge >= 0.3 is 0 Å². The molecule has 0 aromatic carbocycles. The van der Waals surface area contributed by atoms with E-state index in [1.165, 1.54) is 6.42 Å². The summed E-state index contributed by atoms with van der Waals surface area (Å²) in [6, 6.07) is 4.07. The second kappa shape index (κ2) is 6.54. The minimum absolute atomic E-state index is 0.0440. The number of Topliss-reactive ketones (excluding diaryl/α,β-unsaturated/α-hetero) is 1. The van der Waals surface area contributed by atoms with E-state index in [0.29, 0.717) is 12.0 Å². The molecule has 5 nitrogen and oxygen atoms in total. The van der Waals surface area contributed by atoms with Gasteiger partial charge in [-0.2, -0.15) is 0 Å². The molecular weight excluding hydrogens is 302 g/mol. The van der Waals surface area contributed by atoms with E-state index in [-0.39, 0.29) is 23.1 Å². The Morgan fingerprint density at radius 1 is 1.25 bits per heavy atom. The summed E-state index contributed by atoms with van der Waals surface area (Å²) in [6.07, 6.45) is 5.59. The van der Waals surface area contributed by atoms with E-state index in [1.54, 1.807) is 13.1 Å². The number of pyridine rings is 1. The minimum atomic E-state index is 0.0440. The maximum atomic E-state index is 12.2. The number of likely N-dealkylation sites (tertiary alicyclic amines) is 1. The van der Waals surface area contributed by atoms with Crippen molar-refractivity contribution in [3.05, 3.63) is 23.9 Å². The molecule has 0 aliphatic carbocycles. The molecule has 130 valence electrons. The summed E-state index contributed by atoms with van der Waals surface area (Å²) in [5.74, 6) is 1.27. The van der Waals surface area contributed by atoms with Gasteiger partial charge < -0.3 is 9.80 Å². The Morgan fingerprint density at radius 3 is 2.67 bits per heavy atom. The summed E-state index contributed by atoms with van der Waals surface area (Å²) >= 11 is 0. The number of carbonyl (C=O) groups is 2. The fraction of sp³-hybridized carbons (Fsp3) is 0.632. The van der Waals surface area contributed by atoms with Gasteiger partial charge in [-0.25, -0.2) is 4.98 Å². The number of rotatable bonds is 3. The molecule has 0 unspecified atom stereocenters. The summed E-state index contributed by atoms with van der Waals surface area (Å²) < 4.78 is 0. The number of piperidine rings is 2. The van der Waals surface area contributed by atoms with Gasteiger partial charge in [0.15, 0.2) is 5.78 Å². The van der Waals surface area contributed by atoms with Crippen molar-refractivity contribution < 1.29 is 9.59 Å². The molecule has 0 radical (unpaired) electrons. The number of nitrogens with zero attached hydrogens (tertiary/aromatic N) is 3. The number of ketones is 1. The molecule has 3 heterocycles. The van der Waals surface area contributed by atoms with E-state index in [9.17, 15) is 9.59 Å². The molecule has 3 rings (SSSR count). The third kappa shape index (κ3) is 3.30. The van der Waals surface area contributed by atoms with Crippen molar-refractivity contribution in [1.82, 2.24) is 9.88 Å². The van der Waals surface area contributed by atoms with Gasteiger partial charge in [0, 0.05) is 49.3 Å². The number of hydrogen-bond donors (Lipinski definition) is 0. The highest BCUT2D eigenvalue weighted by Crippen LogP contribution is 2.40. The number of hydrogen-bond acceptors (Lipinski definition) is 4. The molecule has 1 aromatic heterocycles. The van der Waals surface area contributed by atoms with Gasteiger partial charge in [-0.05, 0) is 52.2 Å². The first-order valence-electron chi connectivity index (χ1n) is 8.92. The average molecular weight is 329 g/mol. The van der Waals surface area contributed by atoms with E-state index in [0.717, 1.165) is 38.3 Å². The zero-order chi connectivity index (χ0) is 17.3. The number of amides is 1. The highest BCUT2D eigenvalue weighted by Gasteiger charge is 2.42. The standard InChI is InChI=1S/C19H27N3O2/c1-14(2)22-13-19(9-7-18(22)24)8-4-10-21(12-19)17-6-5-16(11-20-17)15(3)23/h5-6,11,14H,4,7-10,12-13H2,1-3H3/t19-/m0/s1. The average Bonchev–Trinajstić information content (AvgIpc) is 2.57. The third-order valence-electron chi connectivity index (χ3n) is 5.46. The smallest absolute Gasteiger partial charge is 0.222 e.